The van der Waals surface area contributed by atoms with Gasteiger partial charge in [0.15, 0.2) is 0 Å². The molecule has 0 amide bonds. The molecular formula is C15H24N2O. The van der Waals surface area contributed by atoms with Crippen molar-refractivity contribution in [1.82, 2.24) is 4.98 Å². The average molecular weight is 248 g/mol. The highest BCUT2D eigenvalue weighted by atomic mass is 16.3. The van der Waals surface area contributed by atoms with E-state index in [2.05, 4.69) is 22.9 Å². The largest absolute Gasteiger partial charge is 0.387 e. The lowest BCUT2D eigenvalue weighted by Gasteiger charge is -2.33. The molecule has 0 aliphatic carbocycles. The van der Waals surface area contributed by atoms with Gasteiger partial charge in [0.1, 0.15) is 0 Å². The summed E-state index contributed by atoms with van der Waals surface area (Å²) >= 11 is 0. The molecule has 0 saturated carbocycles. The van der Waals surface area contributed by atoms with Crippen LogP contribution < -0.4 is 4.90 Å². The first kappa shape index (κ1) is 13.3. The molecule has 1 aliphatic heterocycles. The lowest BCUT2D eigenvalue weighted by molar-refractivity contribution is 0.169. The van der Waals surface area contributed by atoms with Crippen molar-refractivity contribution in [2.75, 3.05) is 18.0 Å². The Hall–Kier alpha value is -1.09. The van der Waals surface area contributed by atoms with Gasteiger partial charge in [-0.1, -0.05) is 20.3 Å². The van der Waals surface area contributed by atoms with E-state index in [1.807, 2.05) is 19.2 Å². The predicted octanol–water partition coefficient (Wildman–Crippen LogP) is 3.15. The number of hydrogen-bond donors (Lipinski definition) is 1. The van der Waals surface area contributed by atoms with Crippen LogP contribution in [0.5, 0.6) is 0 Å². The van der Waals surface area contributed by atoms with Crippen molar-refractivity contribution in [2.45, 2.75) is 45.6 Å². The van der Waals surface area contributed by atoms with Gasteiger partial charge in [-0.15, -0.1) is 0 Å². The summed E-state index contributed by atoms with van der Waals surface area (Å²) in [6.07, 6.45) is 6.07. The third-order valence-corrected chi connectivity index (χ3v) is 4.06. The van der Waals surface area contributed by atoms with Crippen LogP contribution >= 0.6 is 0 Å². The van der Waals surface area contributed by atoms with Crippen molar-refractivity contribution >= 4 is 5.69 Å². The van der Waals surface area contributed by atoms with Crippen LogP contribution in [0.1, 0.15) is 51.3 Å². The second kappa shape index (κ2) is 6.19. The van der Waals surface area contributed by atoms with E-state index in [-0.39, 0.29) is 0 Å². The average Bonchev–Trinajstić information content (AvgIpc) is 2.47. The van der Waals surface area contributed by atoms with Gasteiger partial charge in [-0.05, 0) is 37.3 Å². The van der Waals surface area contributed by atoms with Crippen LogP contribution in [0.3, 0.4) is 0 Å². The molecule has 1 aliphatic rings. The van der Waals surface area contributed by atoms with E-state index in [0.717, 1.165) is 24.7 Å². The van der Waals surface area contributed by atoms with Crippen molar-refractivity contribution in [3.63, 3.8) is 0 Å². The predicted molar refractivity (Wildman–Crippen MR) is 74.7 cm³/mol. The number of aliphatic hydroxyl groups excluding tert-OH is 1. The number of anilines is 1. The molecule has 18 heavy (non-hydrogen) atoms. The van der Waals surface area contributed by atoms with E-state index in [1.165, 1.54) is 24.9 Å². The Kier molecular flexibility index (Phi) is 4.59. The summed E-state index contributed by atoms with van der Waals surface area (Å²) in [7, 11) is 0. The summed E-state index contributed by atoms with van der Waals surface area (Å²) in [6.45, 7) is 6.52. The number of aromatic nitrogens is 1. The van der Waals surface area contributed by atoms with Crippen molar-refractivity contribution in [3.05, 3.63) is 24.0 Å². The number of pyridine rings is 1. The molecule has 1 aromatic heterocycles. The van der Waals surface area contributed by atoms with Gasteiger partial charge in [0.05, 0.1) is 23.7 Å². The highest BCUT2D eigenvalue weighted by Crippen LogP contribution is 2.25. The zero-order valence-corrected chi connectivity index (χ0v) is 11.5. The summed E-state index contributed by atoms with van der Waals surface area (Å²) in [5.74, 6) is 0.899. The number of aliphatic hydroxyl groups is 1. The molecule has 0 spiro atoms. The Morgan fingerprint density at radius 1 is 1.33 bits per heavy atom. The minimum Gasteiger partial charge on any atom is -0.387 e. The van der Waals surface area contributed by atoms with Crippen LogP contribution in [0.15, 0.2) is 18.3 Å². The minimum atomic E-state index is -0.426. The van der Waals surface area contributed by atoms with E-state index >= 15 is 0 Å². The third kappa shape index (κ3) is 3.02. The van der Waals surface area contributed by atoms with Gasteiger partial charge in [0, 0.05) is 13.1 Å². The van der Waals surface area contributed by atoms with Crippen LogP contribution in [0, 0.1) is 5.92 Å². The molecule has 3 heteroatoms. The van der Waals surface area contributed by atoms with Crippen molar-refractivity contribution in [1.29, 1.82) is 0 Å². The fourth-order valence-corrected chi connectivity index (χ4v) is 2.59. The zero-order chi connectivity index (χ0) is 13.0. The molecule has 1 fully saturated rings. The topological polar surface area (TPSA) is 36.4 Å². The molecule has 0 aromatic carbocycles. The molecule has 1 aromatic rings. The van der Waals surface area contributed by atoms with Crippen LogP contribution in [0.25, 0.3) is 0 Å². The lowest BCUT2D eigenvalue weighted by atomic mass is 9.94. The molecule has 1 atom stereocenters. The van der Waals surface area contributed by atoms with E-state index in [4.69, 9.17) is 0 Å². The molecule has 0 radical (unpaired) electrons. The van der Waals surface area contributed by atoms with Gasteiger partial charge in [-0.2, -0.15) is 0 Å². The van der Waals surface area contributed by atoms with E-state index in [9.17, 15) is 5.11 Å². The van der Waals surface area contributed by atoms with Gasteiger partial charge in [0.25, 0.3) is 0 Å². The fourth-order valence-electron chi connectivity index (χ4n) is 2.59. The number of rotatable bonds is 4. The SMILES string of the molecule is CCC1CCN(c2ccc([C@H](O)CC)nc2)CC1. The van der Waals surface area contributed by atoms with Crippen LogP contribution in [0.2, 0.25) is 0 Å². The van der Waals surface area contributed by atoms with Gasteiger partial charge >= 0.3 is 0 Å². The quantitative estimate of drug-likeness (QED) is 0.889. The summed E-state index contributed by atoms with van der Waals surface area (Å²) < 4.78 is 0. The molecule has 100 valence electrons. The van der Waals surface area contributed by atoms with Crippen LogP contribution in [-0.2, 0) is 0 Å². The first-order chi connectivity index (χ1) is 8.74. The van der Waals surface area contributed by atoms with Crippen LogP contribution in [0.4, 0.5) is 5.69 Å². The molecule has 2 heterocycles. The molecular weight excluding hydrogens is 224 g/mol. The van der Waals surface area contributed by atoms with Crippen LogP contribution in [-0.4, -0.2) is 23.2 Å². The van der Waals surface area contributed by atoms with E-state index < -0.39 is 6.10 Å². The number of nitrogens with zero attached hydrogens (tertiary/aromatic N) is 2. The second-order valence-corrected chi connectivity index (χ2v) is 5.20. The zero-order valence-electron chi connectivity index (χ0n) is 11.5. The Morgan fingerprint density at radius 2 is 2.06 bits per heavy atom. The molecule has 2 rings (SSSR count). The standard InChI is InChI=1S/C15H24N2O/c1-3-12-7-9-17(10-8-12)13-5-6-14(16-11-13)15(18)4-2/h5-6,11-12,15,18H,3-4,7-10H2,1-2H3/t15-/m1/s1. The Balaban J connectivity index is 1.98. The molecule has 0 unspecified atom stereocenters. The minimum absolute atomic E-state index is 0.426. The Labute approximate surface area is 110 Å². The van der Waals surface area contributed by atoms with Crippen molar-refractivity contribution < 1.29 is 5.11 Å². The monoisotopic (exact) mass is 248 g/mol. The molecule has 0 bridgehead atoms. The summed E-state index contributed by atoms with van der Waals surface area (Å²) in [4.78, 5) is 6.78. The van der Waals surface area contributed by atoms with Gasteiger partial charge in [-0.3, -0.25) is 4.98 Å². The summed E-state index contributed by atoms with van der Waals surface area (Å²) in [5.41, 5.74) is 1.97. The highest BCUT2D eigenvalue weighted by Gasteiger charge is 2.18. The first-order valence-electron chi connectivity index (χ1n) is 7.13. The van der Waals surface area contributed by atoms with Gasteiger partial charge < -0.3 is 10.0 Å². The maximum atomic E-state index is 9.72. The number of hydrogen-bond acceptors (Lipinski definition) is 3. The Morgan fingerprint density at radius 3 is 2.56 bits per heavy atom. The van der Waals surface area contributed by atoms with Crippen molar-refractivity contribution in [3.8, 4) is 0 Å². The Bertz CT molecular complexity index is 355. The molecule has 3 nitrogen and oxygen atoms in total. The highest BCUT2D eigenvalue weighted by molar-refractivity contribution is 5.45. The molecule has 1 saturated heterocycles. The number of piperidine rings is 1. The van der Waals surface area contributed by atoms with E-state index in [0.29, 0.717) is 6.42 Å². The second-order valence-electron chi connectivity index (χ2n) is 5.20. The summed E-state index contributed by atoms with van der Waals surface area (Å²) in [5, 5.41) is 9.72. The van der Waals surface area contributed by atoms with Gasteiger partial charge in [-0.25, -0.2) is 0 Å². The fraction of sp³-hybridized carbons (Fsp3) is 0.667. The maximum absolute atomic E-state index is 9.72. The molecule has 1 N–H and O–H groups in total. The normalized spacial score (nSPS) is 18.9. The third-order valence-electron chi connectivity index (χ3n) is 4.06. The van der Waals surface area contributed by atoms with Crippen molar-refractivity contribution in [2.24, 2.45) is 5.92 Å². The smallest absolute Gasteiger partial charge is 0.0957 e. The first-order valence-corrected chi connectivity index (χ1v) is 7.13. The van der Waals surface area contributed by atoms with Gasteiger partial charge in [0.2, 0.25) is 0 Å². The maximum Gasteiger partial charge on any atom is 0.0957 e. The summed E-state index contributed by atoms with van der Waals surface area (Å²) in [6, 6.07) is 4.04. The van der Waals surface area contributed by atoms with E-state index in [1.54, 1.807) is 0 Å². The lowest BCUT2D eigenvalue weighted by Crippen LogP contribution is -2.33.